The van der Waals surface area contributed by atoms with Gasteiger partial charge in [0.25, 0.3) is 0 Å². The number of hydrogen-bond acceptors (Lipinski definition) is 3. The van der Waals surface area contributed by atoms with Crippen molar-refractivity contribution >= 4 is 11.3 Å². The molecular weight excluding hydrogens is 230 g/mol. The van der Waals surface area contributed by atoms with Gasteiger partial charge >= 0.3 is 0 Å². The second kappa shape index (κ2) is 5.02. The van der Waals surface area contributed by atoms with Crippen molar-refractivity contribution in [1.82, 2.24) is 9.78 Å². The second-order valence-corrected chi connectivity index (χ2v) is 5.04. The SMILES string of the molecule is CCc1c(C)nn(C(CN)c2ccsc2)c1C. The standard InChI is InChI=1S/C13H19N3S/c1-4-12-9(2)15-16(10(12)3)13(7-14)11-5-6-17-8-11/h5-6,8,13H,4,7,14H2,1-3H3. The highest BCUT2D eigenvalue weighted by Gasteiger charge is 2.18. The monoisotopic (exact) mass is 249 g/mol. The lowest BCUT2D eigenvalue weighted by Crippen LogP contribution is -2.22. The smallest absolute Gasteiger partial charge is 0.0901 e. The molecule has 0 aliphatic rings. The maximum absolute atomic E-state index is 5.91. The molecule has 4 heteroatoms. The van der Waals surface area contributed by atoms with Crippen LogP contribution in [-0.4, -0.2) is 16.3 Å². The van der Waals surface area contributed by atoms with Crippen LogP contribution in [0.3, 0.4) is 0 Å². The molecule has 2 N–H and O–H groups in total. The van der Waals surface area contributed by atoms with Gasteiger partial charge in [0.1, 0.15) is 0 Å². The van der Waals surface area contributed by atoms with Gasteiger partial charge < -0.3 is 5.73 Å². The van der Waals surface area contributed by atoms with Crippen LogP contribution >= 0.6 is 11.3 Å². The minimum Gasteiger partial charge on any atom is -0.328 e. The van der Waals surface area contributed by atoms with Crippen molar-refractivity contribution in [1.29, 1.82) is 0 Å². The van der Waals surface area contributed by atoms with E-state index in [2.05, 4.69) is 47.4 Å². The number of thiophene rings is 1. The molecule has 0 aromatic carbocycles. The Hall–Kier alpha value is -1.13. The van der Waals surface area contributed by atoms with Crippen molar-refractivity contribution in [3.63, 3.8) is 0 Å². The molecule has 2 rings (SSSR count). The average Bonchev–Trinajstić information content (AvgIpc) is 2.91. The number of aromatic nitrogens is 2. The fourth-order valence-electron chi connectivity index (χ4n) is 2.35. The molecule has 0 saturated heterocycles. The molecule has 0 amide bonds. The third-order valence-electron chi connectivity index (χ3n) is 3.27. The number of nitrogens with zero attached hydrogens (tertiary/aromatic N) is 2. The average molecular weight is 249 g/mol. The predicted molar refractivity (Wildman–Crippen MR) is 72.6 cm³/mol. The lowest BCUT2D eigenvalue weighted by atomic mass is 10.1. The summed E-state index contributed by atoms with van der Waals surface area (Å²) in [6.45, 7) is 6.96. The van der Waals surface area contributed by atoms with Crippen LogP contribution in [0.4, 0.5) is 0 Å². The molecule has 0 bridgehead atoms. The molecule has 0 aliphatic carbocycles. The van der Waals surface area contributed by atoms with Gasteiger partial charge in [0.2, 0.25) is 0 Å². The van der Waals surface area contributed by atoms with Crippen LogP contribution in [0.5, 0.6) is 0 Å². The summed E-state index contributed by atoms with van der Waals surface area (Å²) in [4.78, 5) is 0. The van der Waals surface area contributed by atoms with Crippen LogP contribution in [-0.2, 0) is 6.42 Å². The van der Waals surface area contributed by atoms with E-state index in [1.54, 1.807) is 11.3 Å². The summed E-state index contributed by atoms with van der Waals surface area (Å²) < 4.78 is 2.08. The van der Waals surface area contributed by atoms with Gasteiger partial charge in [-0.2, -0.15) is 16.4 Å². The molecule has 1 unspecified atom stereocenters. The number of hydrogen-bond donors (Lipinski definition) is 1. The normalized spacial score (nSPS) is 12.9. The maximum Gasteiger partial charge on any atom is 0.0901 e. The molecule has 2 aromatic rings. The third kappa shape index (κ3) is 2.15. The van der Waals surface area contributed by atoms with Crippen molar-refractivity contribution in [3.8, 4) is 0 Å². The number of aryl methyl sites for hydroxylation is 1. The Balaban J connectivity index is 2.45. The second-order valence-electron chi connectivity index (χ2n) is 4.26. The predicted octanol–water partition coefficient (Wildman–Crippen LogP) is 2.67. The van der Waals surface area contributed by atoms with Crippen LogP contribution in [0.15, 0.2) is 16.8 Å². The van der Waals surface area contributed by atoms with Crippen LogP contribution < -0.4 is 5.73 Å². The van der Waals surface area contributed by atoms with Crippen LogP contribution in [0.25, 0.3) is 0 Å². The van der Waals surface area contributed by atoms with Crippen molar-refractivity contribution in [2.24, 2.45) is 5.73 Å². The zero-order valence-corrected chi connectivity index (χ0v) is 11.4. The molecule has 2 aromatic heterocycles. The first-order chi connectivity index (χ1) is 8.19. The van der Waals surface area contributed by atoms with Gasteiger partial charge in [0.05, 0.1) is 11.7 Å². The highest BCUT2D eigenvalue weighted by Crippen LogP contribution is 2.24. The summed E-state index contributed by atoms with van der Waals surface area (Å²) in [6.07, 6.45) is 1.03. The summed E-state index contributed by atoms with van der Waals surface area (Å²) in [7, 11) is 0. The molecule has 3 nitrogen and oxygen atoms in total. The van der Waals surface area contributed by atoms with Gasteiger partial charge in [-0.25, -0.2) is 0 Å². The molecule has 2 heterocycles. The topological polar surface area (TPSA) is 43.8 Å². The maximum atomic E-state index is 5.91. The number of rotatable bonds is 4. The Morgan fingerprint density at radius 3 is 2.71 bits per heavy atom. The van der Waals surface area contributed by atoms with E-state index in [4.69, 9.17) is 5.73 Å². The lowest BCUT2D eigenvalue weighted by molar-refractivity contribution is 0.517. The highest BCUT2D eigenvalue weighted by atomic mass is 32.1. The van der Waals surface area contributed by atoms with Gasteiger partial charge in [-0.15, -0.1) is 0 Å². The molecule has 0 spiro atoms. The quantitative estimate of drug-likeness (QED) is 0.905. The summed E-state index contributed by atoms with van der Waals surface area (Å²) in [5.41, 5.74) is 10.9. The first-order valence-electron chi connectivity index (χ1n) is 5.95. The van der Waals surface area contributed by atoms with E-state index in [0.717, 1.165) is 12.1 Å². The van der Waals surface area contributed by atoms with Crippen LogP contribution in [0, 0.1) is 13.8 Å². The van der Waals surface area contributed by atoms with Gasteiger partial charge in [-0.05, 0) is 48.2 Å². The fraction of sp³-hybridized carbons (Fsp3) is 0.462. The first kappa shape index (κ1) is 12.3. The summed E-state index contributed by atoms with van der Waals surface area (Å²) in [6, 6.07) is 2.30. The molecule has 0 fully saturated rings. The molecule has 92 valence electrons. The Morgan fingerprint density at radius 2 is 2.24 bits per heavy atom. The van der Waals surface area contributed by atoms with E-state index in [9.17, 15) is 0 Å². The Bertz CT molecular complexity index is 485. The Labute approximate surface area is 106 Å². The van der Waals surface area contributed by atoms with E-state index in [1.807, 2.05) is 0 Å². The zero-order chi connectivity index (χ0) is 12.4. The van der Waals surface area contributed by atoms with Crippen molar-refractivity contribution < 1.29 is 0 Å². The molecule has 17 heavy (non-hydrogen) atoms. The van der Waals surface area contributed by atoms with Gasteiger partial charge in [-0.1, -0.05) is 6.92 Å². The van der Waals surface area contributed by atoms with E-state index in [1.165, 1.54) is 16.8 Å². The van der Waals surface area contributed by atoms with Gasteiger partial charge in [0.15, 0.2) is 0 Å². The first-order valence-corrected chi connectivity index (χ1v) is 6.90. The van der Waals surface area contributed by atoms with E-state index >= 15 is 0 Å². The highest BCUT2D eigenvalue weighted by molar-refractivity contribution is 7.07. The van der Waals surface area contributed by atoms with Crippen LogP contribution in [0.1, 0.15) is 35.5 Å². The van der Waals surface area contributed by atoms with Crippen molar-refractivity contribution in [2.45, 2.75) is 33.2 Å². The van der Waals surface area contributed by atoms with E-state index < -0.39 is 0 Å². The molecule has 0 aliphatic heterocycles. The largest absolute Gasteiger partial charge is 0.328 e. The van der Waals surface area contributed by atoms with Gasteiger partial charge in [0, 0.05) is 12.2 Å². The molecule has 1 atom stereocenters. The Kier molecular flexibility index (Phi) is 3.64. The minimum atomic E-state index is 0.167. The van der Waals surface area contributed by atoms with Crippen molar-refractivity contribution in [2.75, 3.05) is 6.54 Å². The summed E-state index contributed by atoms with van der Waals surface area (Å²) in [5, 5.41) is 8.89. The van der Waals surface area contributed by atoms with E-state index in [0.29, 0.717) is 6.54 Å². The summed E-state index contributed by atoms with van der Waals surface area (Å²) >= 11 is 1.70. The fourth-order valence-corrected chi connectivity index (χ4v) is 3.06. The molecular formula is C13H19N3S. The minimum absolute atomic E-state index is 0.167. The number of nitrogens with two attached hydrogens (primary N) is 1. The third-order valence-corrected chi connectivity index (χ3v) is 3.98. The Morgan fingerprint density at radius 1 is 1.47 bits per heavy atom. The zero-order valence-electron chi connectivity index (χ0n) is 10.6. The van der Waals surface area contributed by atoms with Crippen LogP contribution in [0.2, 0.25) is 0 Å². The van der Waals surface area contributed by atoms with Gasteiger partial charge in [-0.3, -0.25) is 4.68 Å². The molecule has 0 saturated carbocycles. The van der Waals surface area contributed by atoms with Crippen molar-refractivity contribution in [3.05, 3.63) is 39.3 Å². The molecule has 0 radical (unpaired) electrons. The van der Waals surface area contributed by atoms with E-state index in [-0.39, 0.29) is 6.04 Å². The summed E-state index contributed by atoms with van der Waals surface area (Å²) in [5.74, 6) is 0. The lowest BCUT2D eigenvalue weighted by Gasteiger charge is -2.16.